The number of unbranched alkanes of at least 4 members (excludes halogenated alkanes) is 6. The van der Waals surface area contributed by atoms with E-state index < -0.39 is 11.9 Å². The SMILES string of the molecule is C=C=C(C)OOCCCCOc1c(CCCCOOOC(C)=C=C)ccc(/C=C/C(=O)Oc2ccc(OC(=O)/C=C/c3ccc(CCCCOOC=C)c(CCCCOOC=C)c3CCCCOOOC(C)=C=C)c3ccccc23)c1OCCCCOC=C. The standard InChI is InChI=1S/C70H86O19/c1-10-54(7)85-80-51-29-28-48-74-69-59(31-19-23-52-81-88-86-55(8)11-2)38-39-60(70(69)75-47-27-26-46-73-13-4)41-45-68(72)84-66-43-42-65(63-34-16-17-35-64(63)66)83-67(71)44-40-58-37-36-57(30-18-22-49-78-76-14-5)61(32-20-24-50-79-77-15-6)62(58)33-21-25-53-82-89-87-56(9)12-3/h13-17,34-45H,1-6,18-33,46-53H2,7-9H3/b44-40+,45-41+. The summed E-state index contributed by atoms with van der Waals surface area (Å²) in [6.45, 7) is 29.1. The highest BCUT2D eigenvalue weighted by molar-refractivity contribution is 5.99. The van der Waals surface area contributed by atoms with Crippen LogP contribution in [0.1, 0.15) is 131 Å². The predicted molar refractivity (Wildman–Crippen MR) is 336 cm³/mol. The maximum Gasteiger partial charge on any atom is 0.336 e. The van der Waals surface area contributed by atoms with Gasteiger partial charge in [-0.15, -0.1) is 0 Å². The smallest absolute Gasteiger partial charge is 0.336 e. The van der Waals surface area contributed by atoms with Gasteiger partial charge in [-0.3, -0.25) is 0 Å². The van der Waals surface area contributed by atoms with Crippen LogP contribution in [0.5, 0.6) is 23.0 Å². The molecule has 4 rings (SSSR count). The number of allylic oxidation sites excluding steroid dienone is 3. The second kappa shape index (κ2) is 45.7. The summed E-state index contributed by atoms with van der Waals surface area (Å²) in [6, 6.07) is 18.3. The van der Waals surface area contributed by atoms with Gasteiger partial charge in [0.2, 0.25) is 0 Å². The molecule has 480 valence electrons. The molecule has 89 heavy (non-hydrogen) atoms. The van der Waals surface area contributed by atoms with Crippen LogP contribution < -0.4 is 18.9 Å². The Morgan fingerprint density at radius 3 is 1.42 bits per heavy atom. The van der Waals surface area contributed by atoms with Gasteiger partial charge in [0.25, 0.3) is 0 Å². The first-order chi connectivity index (χ1) is 43.6. The molecule has 0 spiro atoms. The van der Waals surface area contributed by atoms with Crippen LogP contribution in [0.4, 0.5) is 0 Å². The van der Waals surface area contributed by atoms with Crippen LogP contribution >= 0.6 is 0 Å². The van der Waals surface area contributed by atoms with Gasteiger partial charge in [0.05, 0.1) is 59.1 Å². The largest absolute Gasteiger partial charge is 0.502 e. The molecule has 4 aromatic carbocycles. The van der Waals surface area contributed by atoms with E-state index in [1.807, 2.05) is 24.3 Å². The van der Waals surface area contributed by atoms with E-state index in [9.17, 15) is 9.59 Å². The topological polar surface area (TPSA) is 191 Å². The third kappa shape index (κ3) is 29.3. The maximum absolute atomic E-state index is 13.8. The lowest BCUT2D eigenvalue weighted by molar-refractivity contribution is -0.495. The highest BCUT2D eigenvalue weighted by Gasteiger charge is 2.19. The normalized spacial score (nSPS) is 10.8. The first-order valence-corrected chi connectivity index (χ1v) is 29.8. The third-order valence-electron chi connectivity index (χ3n) is 13.0. The number of hydrogen-bond acceptors (Lipinski definition) is 19. The Balaban J connectivity index is 1.59. The molecule has 0 fully saturated rings. The van der Waals surface area contributed by atoms with Crippen LogP contribution in [0.3, 0.4) is 0 Å². The van der Waals surface area contributed by atoms with Crippen LogP contribution in [-0.4, -0.2) is 64.8 Å². The van der Waals surface area contributed by atoms with Crippen molar-refractivity contribution in [2.45, 2.75) is 124 Å². The molecule has 0 N–H and O–H groups in total. The second-order valence-corrected chi connectivity index (χ2v) is 19.6. The summed E-state index contributed by atoms with van der Waals surface area (Å²) in [5, 5.41) is 10.7. The van der Waals surface area contributed by atoms with Gasteiger partial charge in [-0.05, 0) is 165 Å². The van der Waals surface area contributed by atoms with E-state index in [0.717, 1.165) is 61.6 Å². The Kier molecular flexibility index (Phi) is 37.4. The Labute approximate surface area is 523 Å². The zero-order valence-electron chi connectivity index (χ0n) is 51.8. The molecule has 0 aliphatic rings. The molecule has 0 atom stereocenters. The lowest BCUT2D eigenvalue weighted by Gasteiger charge is -2.19. The number of fused-ring (bicyclic) bond motifs is 1. The zero-order chi connectivity index (χ0) is 63.9. The van der Waals surface area contributed by atoms with Gasteiger partial charge >= 0.3 is 11.9 Å². The first-order valence-electron chi connectivity index (χ1n) is 29.8. The summed E-state index contributed by atoms with van der Waals surface area (Å²) in [6.07, 6.45) is 21.4. The van der Waals surface area contributed by atoms with Crippen molar-refractivity contribution in [1.29, 1.82) is 0 Å². The van der Waals surface area contributed by atoms with Crippen LogP contribution in [0.15, 0.2) is 166 Å². The number of aryl methyl sites for hydroxylation is 2. The van der Waals surface area contributed by atoms with Crippen molar-refractivity contribution < 1.29 is 92.2 Å². The van der Waals surface area contributed by atoms with Gasteiger partial charge in [-0.1, -0.05) is 105 Å². The van der Waals surface area contributed by atoms with Gasteiger partial charge in [0, 0.05) is 49.3 Å². The summed E-state index contributed by atoms with van der Waals surface area (Å²) in [4.78, 5) is 78.5. The molecule has 0 unspecified atom stereocenters. The minimum atomic E-state index is -0.662. The minimum absolute atomic E-state index is 0.254. The number of esters is 2. The Bertz CT molecular complexity index is 3030. The summed E-state index contributed by atoms with van der Waals surface area (Å²) in [5.41, 5.74) is 13.6. The van der Waals surface area contributed by atoms with E-state index in [-0.39, 0.29) is 24.7 Å². The molecule has 0 heterocycles. The van der Waals surface area contributed by atoms with Crippen LogP contribution in [-0.2, 0) is 99.0 Å². The van der Waals surface area contributed by atoms with Crippen molar-refractivity contribution in [3.63, 3.8) is 0 Å². The van der Waals surface area contributed by atoms with Gasteiger partial charge in [-0.2, -0.15) is 24.4 Å². The van der Waals surface area contributed by atoms with E-state index in [2.05, 4.69) is 62.7 Å². The van der Waals surface area contributed by atoms with Gasteiger partial charge in [0.1, 0.15) is 24.0 Å². The highest BCUT2D eigenvalue weighted by atomic mass is 17.5. The van der Waals surface area contributed by atoms with E-state index in [1.165, 1.54) is 42.1 Å². The molecular weight excluding hydrogens is 1140 g/mol. The zero-order valence-corrected chi connectivity index (χ0v) is 51.8. The minimum Gasteiger partial charge on any atom is -0.502 e. The lowest BCUT2D eigenvalue weighted by Crippen LogP contribution is -2.09. The van der Waals surface area contributed by atoms with Crippen LogP contribution in [0, 0.1) is 0 Å². The van der Waals surface area contributed by atoms with E-state index >= 15 is 0 Å². The lowest BCUT2D eigenvalue weighted by atomic mass is 9.87. The molecule has 0 aromatic heterocycles. The quantitative estimate of drug-likeness (QED) is 0.00592. The number of carbonyl (C=O) groups excluding carboxylic acids is 2. The van der Waals surface area contributed by atoms with Gasteiger partial charge in [0.15, 0.2) is 28.8 Å². The van der Waals surface area contributed by atoms with Crippen molar-refractivity contribution in [3.05, 3.63) is 199 Å². The summed E-state index contributed by atoms with van der Waals surface area (Å²) in [7, 11) is 0. The summed E-state index contributed by atoms with van der Waals surface area (Å²) < 4.78 is 30.4. The molecule has 0 saturated heterocycles. The van der Waals surface area contributed by atoms with Crippen LogP contribution in [0.25, 0.3) is 22.9 Å². The number of benzene rings is 4. The third-order valence-corrected chi connectivity index (χ3v) is 13.0. The predicted octanol–water partition coefficient (Wildman–Crippen LogP) is 15.8. The monoisotopic (exact) mass is 1230 g/mol. The Morgan fingerprint density at radius 1 is 0.427 bits per heavy atom. The molecule has 0 bridgehead atoms. The highest BCUT2D eigenvalue weighted by Crippen LogP contribution is 2.38. The van der Waals surface area contributed by atoms with Crippen molar-refractivity contribution >= 4 is 34.9 Å². The molecule has 19 heteroatoms. The van der Waals surface area contributed by atoms with E-state index in [0.29, 0.717) is 143 Å². The molecule has 0 aliphatic heterocycles. The van der Waals surface area contributed by atoms with Crippen molar-refractivity contribution in [2.24, 2.45) is 0 Å². The fourth-order valence-corrected chi connectivity index (χ4v) is 8.52. The first kappa shape index (κ1) is 72.9. The summed E-state index contributed by atoms with van der Waals surface area (Å²) in [5.74, 6) is 1.38. The van der Waals surface area contributed by atoms with Crippen molar-refractivity contribution in [2.75, 3.05) is 52.9 Å². The molecule has 0 aliphatic carbocycles. The average molecular weight is 1230 g/mol. The second-order valence-electron chi connectivity index (χ2n) is 19.6. The number of ether oxygens (including phenoxy) is 5. The molecular formula is C70H86O19. The van der Waals surface area contributed by atoms with Crippen LogP contribution in [0.2, 0.25) is 0 Å². The van der Waals surface area contributed by atoms with Crippen molar-refractivity contribution in [1.82, 2.24) is 0 Å². The van der Waals surface area contributed by atoms with Crippen molar-refractivity contribution in [3.8, 4) is 23.0 Å². The number of carbonyl (C=O) groups is 2. The van der Waals surface area contributed by atoms with Gasteiger partial charge < -0.3 is 48.1 Å². The number of hydrogen-bond donors (Lipinski definition) is 0. The number of rotatable bonds is 51. The van der Waals surface area contributed by atoms with E-state index in [4.69, 9.17) is 82.6 Å². The fraction of sp³-hybridized carbons (Fsp3) is 0.386. The average Bonchev–Trinajstić information content (AvgIpc) is 1.60. The Hall–Kier alpha value is -8.54. The Morgan fingerprint density at radius 2 is 0.865 bits per heavy atom. The fourth-order valence-electron chi connectivity index (χ4n) is 8.52. The maximum atomic E-state index is 13.8. The molecule has 19 nitrogen and oxygen atoms in total. The molecule has 0 radical (unpaired) electrons. The molecule has 4 aromatic rings. The molecule has 0 saturated carbocycles. The van der Waals surface area contributed by atoms with Gasteiger partial charge in [-0.25, -0.2) is 9.59 Å². The molecule has 0 amide bonds. The summed E-state index contributed by atoms with van der Waals surface area (Å²) >= 11 is 0. The van der Waals surface area contributed by atoms with E-state index in [1.54, 1.807) is 63.3 Å².